The third-order valence-corrected chi connectivity index (χ3v) is 3.20. The molecule has 0 unspecified atom stereocenters. The summed E-state index contributed by atoms with van der Waals surface area (Å²) >= 11 is 0. The van der Waals surface area contributed by atoms with Crippen molar-refractivity contribution in [1.29, 1.82) is 0 Å². The number of benzene rings is 1. The Labute approximate surface area is 97.8 Å². The molecule has 1 aliphatic rings. The number of hydrogen-bond acceptors (Lipinski definition) is 2. The molecule has 0 spiro atoms. The van der Waals surface area contributed by atoms with Gasteiger partial charge >= 0.3 is 0 Å². The number of fused-ring (bicyclic) bond motifs is 1. The van der Waals surface area contributed by atoms with Crippen molar-refractivity contribution in [3.05, 3.63) is 29.3 Å². The third-order valence-electron chi connectivity index (χ3n) is 3.20. The van der Waals surface area contributed by atoms with E-state index >= 15 is 0 Å². The Morgan fingerprint density at radius 3 is 2.88 bits per heavy atom. The lowest BCUT2D eigenvalue weighted by atomic mass is 9.96. The van der Waals surface area contributed by atoms with E-state index < -0.39 is 0 Å². The lowest BCUT2D eigenvalue weighted by Gasteiger charge is -2.14. The third kappa shape index (κ3) is 2.56. The molecule has 1 heterocycles. The molecule has 0 fully saturated rings. The van der Waals surface area contributed by atoms with Crippen LogP contribution >= 0.6 is 0 Å². The van der Waals surface area contributed by atoms with Crippen molar-refractivity contribution in [2.75, 3.05) is 6.61 Å². The Morgan fingerprint density at radius 1 is 1.31 bits per heavy atom. The summed E-state index contributed by atoms with van der Waals surface area (Å²) in [5.41, 5.74) is 8.77. The second kappa shape index (κ2) is 4.88. The largest absolute Gasteiger partial charge is 0.493 e. The fourth-order valence-electron chi connectivity index (χ4n) is 2.12. The zero-order chi connectivity index (χ0) is 11.5. The van der Waals surface area contributed by atoms with Crippen LogP contribution in [0.2, 0.25) is 0 Å². The minimum atomic E-state index is 0.174. The van der Waals surface area contributed by atoms with E-state index in [0.29, 0.717) is 0 Å². The molecule has 0 amide bonds. The minimum Gasteiger partial charge on any atom is -0.493 e. The van der Waals surface area contributed by atoms with Gasteiger partial charge in [0.1, 0.15) is 5.75 Å². The molecule has 0 saturated heterocycles. The number of ether oxygens (including phenoxy) is 1. The Morgan fingerprint density at radius 2 is 2.12 bits per heavy atom. The average Bonchev–Trinajstić information content (AvgIpc) is 2.72. The van der Waals surface area contributed by atoms with Crippen LogP contribution in [0.5, 0.6) is 5.75 Å². The molecule has 16 heavy (non-hydrogen) atoms. The summed E-state index contributed by atoms with van der Waals surface area (Å²) in [6.07, 6.45) is 3.28. The number of rotatable bonds is 4. The van der Waals surface area contributed by atoms with Gasteiger partial charge in [-0.3, -0.25) is 0 Å². The van der Waals surface area contributed by atoms with Crippen LogP contribution in [-0.2, 0) is 6.42 Å². The van der Waals surface area contributed by atoms with E-state index in [1.165, 1.54) is 17.5 Å². The second-order valence-electron chi connectivity index (χ2n) is 5.04. The van der Waals surface area contributed by atoms with Gasteiger partial charge in [-0.2, -0.15) is 0 Å². The van der Waals surface area contributed by atoms with Crippen molar-refractivity contribution in [2.45, 2.75) is 39.2 Å². The van der Waals surface area contributed by atoms with Crippen molar-refractivity contribution in [3.63, 3.8) is 0 Å². The van der Waals surface area contributed by atoms with Gasteiger partial charge in [0.25, 0.3) is 0 Å². The maximum absolute atomic E-state index is 6.20. The standard InChI is InChI=1S/C14H21NO/c1-10(2)3-5-13(15)11-4-6-14-12(9-11)7-8-16-14/h4,6,9-10,13H,3,5,7-8,15H2,1-2H3/t13-/m0/s1. The normalized spacial score (nSPS) is 16.0. The van der Waals surface area contributed by atoms with Crippen LogP contribution in [0.4, 0.5) is 0 Å². The smallest absolute Gasteiger partial charge is 0.122 e. The highest BCUT2D eigenvalue weighted by Gasteiger charge is 2.14. The van der Waals surface area contributed by atoms with Gasteiger partial charge in [-0.25, -0.2) is 0 Å². The molecule has 0 bridgehead atoms. The second-order valence-corrected chi connectivity index (χ2v) is 5.04. The van der Waals surface area contributed by atoms with Crippen LogP contribution in [0.1, 0.15) is 43.9 Å². The van der Waals surface area contributed by atoms with Crippen molar-refractivity contribution < 1.29 is 4.74 Å². The van der Waals surface area contributed by atoms with Gasteiger partial charge in [0, 0.05) is 12.5 Å². The molecule has 88 valence electrons. The molecule has 0 aromatic heterocycles. The fourth-order valence-corrected chi connectivity index (χ4v) is 2.12. The first kappa shape index (κ1) is 11.5. The van der Waals surface area contributed by atoms with Crippen molar-refractivity contribution in [1.82, 2.24) is 0 Å². The summed E-state index contributed by atoms with van der Waals surface area (Å²) in [6, 6.07) is 6.56. The van der Waals surface area contributed by atoms with E-state index in [-0.39, 0.29) is 6.04 Å². The first-order valence-electron chi connectivity index (χ1n) is 6.18. The summed E-state index contributed by atoms with van der Waals surface area (Å²) in [6.45, 7) is 5.30. The van der Waals surface area contributed by atoms with E-state index in [1.807, 2.05) is 0 Å². The van der Waals surface area contributed by atoms with Gasteiger partial charge in [0.05, 0.1) is 6.61 Å². The topological polar surface area (TPSA) is 35.2 Å². The molecular weight excluding hydrogens is 198 g/mol. The lowest BCUT2D eigenvalue weighted by molar-refractivity contribution is 0.356. The first-order valence-corrected chi connectivity index (χ1v) is 6.18. The van der Waals surface area contributed by atoms with Crippen LogP contribution in [0.15, 0.2) is 18.2 Å². The molecule has 0 radical (unpaired) electrons. The molecule has 1 atom stereocenters. The summed E-state index contributed by atoms with van der Waals surface area (Å²) in [5.74, 6) is 1.77. The Balaban J connectivity index is 2.03. The Kier molecular flexibility index (Phi) is 3.49. The highest BCUT2D eigenvalue weighted by molar-refractivity contribution is 5.40. The predicted octanol–water partition coefficient (Wildman–Crippen LogP) is 3.06. The molecule has 2 N–H and O–H groups in total. The minimum absolute atomic E-state index is 0.174. The number of nitrogens with two attached hydrogens (primary N) is 1. The van der Waals surface area contributed by atoms with Crippen LogP contribution in [0.3, 0.4) is 0 Å². The summed E-state index contributed by atoms with van der Waals surface area (Å²) in [4.78, 5) is 0. The summed E-state index contributed by atoms with van der Waals surface area (Å²) < 4.78 is 5.49. The van der Waals surface area contributed by atoms with Gasteiger partial charge < -0.3 is 10.5 Å². The molecule has 2 rings (SSSR count). The highest BCUT2D eigenvalue weighted by Crippen LogP contribution is 2.29. The van der Waals surface area contributed by atoms with Crippen LogP contribution < -0.4 is 10.5 Å². The van der Waals surface area contributed by atoms with Crippen LogP contribution in [0, 0.1) is 5.92 Å². The highest BCUT2D eigenvalue weighted by atomic mass is 16.5. The van der Waals surface area contributed by atoms with Gasteiger partial charge in [-0.15, -0.1) is 0 Å². The van der Waals surface area contributed by atoms with Gasteiger partial charge in [0.15, 0.2) is 0 Å². The van der Waals surface area contributed by atoms with Crippen molar-refractivity contribution in [3.8, 4) is 5.75 Å². The molecule has 2 heteroatoms. The molecule has 0 saturated carbocycles. The zero-order valence-corrected chi connectivity index (χ0v) is 10.2. The molecule has 1 aliphatic heterocycles. The zero-order valence-electron chi connectivity index (χ0n) is 10.2. The van der Waals surface area contributed by atoms with E-state index in [2.05, 4.69) is 32.0 Å². The van der Waals surface area contributed by atoms with E-state index in [1.54, 1.807) is 0 Å². The molecule has 0 aliphatic carbocycles. The lowest BCUT2D eigenvalue weighted by Crippen LogP contribution is -2.11. The molecule has 1 aromatic carbocycles. The molecular formula is C14H21NO. The van der Waals surface area contributed by atoms with Crippen molar-refractivity contribution >= 4 is 0 Å². The molecule has 2 nitrogen and oxygen atoms in total. The van der Waals surface area contributed by atoms with Gasteiger partial charge in [-0.1, -0.05) is 26.0 Å². The fraction of sp³-hybridized carbons (Fsp3) is 0.571. The SMILES string of the molecule is CC(C)CC[C@H](N)c1ccc2c(c1)CCO2. The molecule has 1 aromatic rings. The quantitative estimate of drug-likeness (QED) is 0.844. The average molecular weight is 219 g/mol. The van der Waals surface area contributed by atoms with Gasteiger partial charge in [0.2, 0.25) is 0 Å². The summed E-state index contributed by atoms with van der Waals surface area (Å²) in [7, 11) is 0. The van der Waals surface area contributed by atoms with E-state index in [9.17, 15) is 0 Å². The maximum atomic E-state index is 6.20. The van der Waals surface area contributed by atoms with E-state index in [0.717, 1.165) is 31.1 Å². The Hall–Kier alpha value is -1.02. The van der Waals surface area contributed by atoms with Gasteiger partial charge in [-0.05, 0) is 36.0 Å². The van der Waals surface area contributed by atoms with E-state index in [4.69, 9.17) is 10.5 Å². The van der Waals surface area contributed by atoms with Crippen molar-refractivity contribution in [2.24, 2.45) is 11.7 Å². The number of hydrogen-bond donors (Lipinski definition) is 1. The first-order chi connectivity index (χ1) is 7.66. The van der Waals surface area contributed by atoms with Crippen LogP contribution in [0.25, 0.3) is 0 Å². The summed E-state index contributed by atoms with van der Waals surface area (Å²) in [5, 5.41) is 0. The predicted molar refractivity (Wildman–Crippen MR) is 66.6 cm³/mol. The van der Waals surface area contributed by atoms with Crippen LogP contribution in [-0.4, -0.2) is 6.61 Å². The maximum Gasteiger partial charge on any atom is 0.122 e. The monoisotopic (exact) mass is 219 g/mol. The Bertz CT molecular complexity index is 360.